The first-order chi connectivity index (χ1) is 23.1. The van der Waals surface area contributed by atoms with Crippen LogP contribution in [-0.4, -0.2) is 101 Å². The monoisotopic (exact) mass is 722 g/mol. The van der Waals surface area contributed by atoms with Crippen molar-refractivity contribution in [2.45, 2.75) is 84.5 Å². The van der Waals surface area contributed by atoms with Gasteiger partial charge in [0.15, 0.2) is 0 Å². The van der Waals surface area contributed by atoms with Gasteiger partial charge in [0, 0.05) is 0 Å². The fraction of sp³-hybridized carbons (Fsp3) is 0.611. The normalized spacial score (nSPS) is 21.8. The summed E-state index contributed by atoms with van der Waals surface area (Å²) in [5.41, 5.74) is 5.74. The molecule has 5 amide bonds. The second-order valence-corrected chi connectivity index (χ2v) is 15.5. The first-order valence-electron chi connectivity index (χ1n) is 17.3. The molecule has 3 fully saturated rings. The van der Waals surface area contributed by atoms with E-state index in [2.05, 4.69) is 44.5 Å². The number of amides is 5. The van der Waals surface area contributed by atoms with Crippen LogP contribution >= 0.6 is 0 Å². The van der Waals surface area contributed by atoms with Gasteiger partial charge in [0.05, 0.1) is 0 Å². The van der Waals surface area contributed by atoms with Crippen LogP contribution in [0.3, 0.4) is 0 Å². The number of hydrogen-bond acceptors (Lipinski definition) is 7. The van der Waals surface area contributed by atoms with Crippen molar-refractivity contribution in [2.75, 3.05) is 37.6 Å². The van der Waals surface area contributed by atoms with Crippen LogP contribution in [0.15, 0.2) is 43.0 Å². The topological polar surface area (TPSA) is 157 Å². The zero-order valence-corrected chi connectivity index (χ0v) is 30.4. The molecule has 0 bridgehead atoms. The number of carbonyl (C=O) groups is 5. The zero-order valence-electron chi connectivity index (χ0n) is 29.4. The van der Waals surface area contributed by atoms with Crippen molar-refractivity contribution in [1.29, 1.82) is 0 Å². The Morgan fingerprint density at radius 1 is 1.00 bits per heavy atom. The molecular formula is C36H53CoN7O5. The second kappa shape index (κ2) is 16.4. The number of nitrogens with two attached hydrogens (primary N) is 1. The SMILES string of the molecule is C=C[C@@H]1C[C@@H](C(=O)NC(CC2CC2)C(=O)C(N)=O)N(C(=O)[C@@H](NC(=O)N[C@H]([C](=[Co])N2CCN(c3ccccc3)CC2)C(C)C)C(C)(C)C)C1. The number of carbonyl (C=O) groups excluding carboxylic acids is 5. The van der Waals surface area contributed by atoms with E-state index < -0.39 is 59.1 Å². The van der Waals surface area contributed by atoms with E-state index in [1.54, 1.807) is 6.08 Å². The quantitative estimate of drug-likeness (QED) is 0.169. The molecule has 12 nitrogen and oxygen atoms in total. The molecule has 5 N–H and O–H groups in total. The van der Waals surface area contributed by atoms with Gasteiger partial charge in [0.2, 0.25) is 5.78 Å². The molecule has 1 aromatic carbocycles. The van der Waals surface area contributed by atoms with Crippen LogP contribution in [0.1, 0.15) is 60.3 Å². The molecule has 1 aliphatic carbocycles. The maximum atomic E-state index is 14.3. The van der Waals surface area contributed by atoms with Crippen LogP contribution in [0.25, 0.3) is 0 Å². The molecule has 1 saturated carbocycles. The summed E-state index contributed by atoms with van der Waals surface area (Å²) in [4.78, 5) is 71.8. The predicted octanol–water partition coefficient (Wildman–Crippen LogP) is 1.97. The summed E-state index contributed by atoms with van der Waals surface area (Å²) < 4.78 is 0.750. The maximum absolute atomic E-state index is 14.3. The molecule has 1 unspecified atom stereocenters. The molecule has 2 aliphatic heterocycles. The third-order valence-electron chi connectivity index (χ3n) is 9.67. The number of benzene rings is 1. The average molecular weight is 723 g/mol. The van der Waals surface area contributed by atoms with E-state index in [-0.39, 0.29) is 24.3 Å². The number of primary amides is 1. The molecule has 5 atom stereocenters. The van der Waals surface area contributed by atoms with Crippen LogP contribution in [0.4, 0.5) is 10.5 Å². The van der Waals surface area contributed by atoms with Gasteiger partial charge >= 0.3 is 247 Å². The fourth-order valence-electron chi connectivity index (χ4n) is 6.50. The summed E-state index contributed by atoms with van der Waals surface area (Å²) in [7, 11) is 0. The average Bonchev–Trinajstić information content (AvgIpc) is 3.78. The van der Waals surface area contributed by atoms with Gasteiger partial charge in [-0.2, -0.15) is 0 Å². The summed E-state index contributed by atoms with van der Waals surface area (Å²) in [6, 6.07) is 6.40. The number of nitrogens with zero attached hydrogens (tertiary/aromatic N) is 3. The first kappa shape index (κ1) is 38.3. The van der Waals surface area contributed by atoms with Crippen LogP contribution in [0, 0.1) is 23.2 Å². The Labute approximate surface area is 298 Å². The van der Waals surface area contributed by atoms with Gasteiger partial charge in [-0.05, 0) is 12.3 Å². The number of hydrogen-bond donors (Lipinski definition) is 4. The Morgan fingerprint density at radius 2 is 1.63 bits per heavy atom. The van der Waals surface area contributed by atoms with Gasteiger partial charge in [-0.15, -0.1) is 0 Å². The summed E-state index contributed by atoms with van der Waals surface area (Å²) >= 11 is 4.96. The molecule has 4 rings (SSSR count). The summed E-state index contributed by atoms with van der Waals surface area (Å²) in [5.74, 6) is -2.81. The van der Waals surface area contributed by atoms with E-state index in [0.717, 1.165) is 43.6 Å². The minimum absolute atomic E-state index is 0.0130. The Morgan fingerprint density at radius 3 is 2.16 bits per heavy atom. The molecule has 1 aromatic rings. The van der Waals surface area contributed by atoms with E-state index in [9.17, 15) is 24.0 Å². The van der Waals surface area contributed by atoms with Crippen molar-refractivity contribution in [1.82, 2.24) is 25.8 Å². The number of anilines is 1. The Hall–Kier alpha value is -3.55. The Balaban J connectivity index is 1.44. The molecule has 0 spiro atoms. The number of para-hydroxylation sites is 1. The number of ketones is 1. The third kappa shape index (κ3) is 10.0. The van der Waals surface area contributed by atoms with Crippen LogP contribution in [-0.2, 0) is 34.5 Å². The van der Waals surface area contributed by atoms with E-state index >= 15 is 0 Å². The van der Waals surface area contributed by atoms with E-state index in [4.69, 9.17) is 21.0 Å². The van der Waals surface area contributed by atoms with E-state index in [1.807, 2.05) is 52.8 Å². The molecule has 2 saturated heterocycles. The van der Waals surface area contributed by atoms with Gasteiger partial charge < -0.3 is 5.73 Å². The van der Waals surface area contributed by atoms with Crippen LogP contribution in [0.5, 0.6) is 0 Å². The fourth-order valence-corrected chi connectivity index (χ4v) is 7.16. The molecule has 0 radical (unpaired) electrons. The van der Waals surface area contributed by atoms with Crippen molar-refractivity contribution >= 4 is 39.8 Å². The molecule has 2 heterocycles. The molecular weight excluding hydrogens is 669 g/mol. The first-order valence-corrected chi connectivity index (χ1v) is 17.8. The van der Waals surface area contributed by atoms with Crippen molar-refractivity contribution in [2.24, 2.45) is 28.9 Å². The van der Waals surface area contributed by atoms with E-state index in [1.165, 1.54) is 10.6 Å². The van der Waals surface area contributed by atoms with Gasteiger partial charge in [-0.25, -0.2) is 0 Å². The van der Waals surface area contributed by atoms with Crippen LogP contribution < -0.4 is 26.6 Å². The predicted molar refractivity (Wildman–Crippen MR) is 186 cm³/mol. The molecule has 0 aromatic heterocycles. The molecule has 3 aliphatic rings. The van der Waals surface area contributed by atoms with Crippen molar-refractivity contribution < 1.29 is 39.3 Å². The summed E-state index contributed by atoms with van der Waals surface area (Å²) in [6.45, 7) is 16.8. The second-order valence-electron chi connectivity index (χ2n) is 15.0. The van der Waals surface area contributed by atoms with Gasteiger partial charge in [-0.3, -0.25) is 9.59 Å². The van der Waals surface area contributed by atoms with Gasteiger partial charge in [-0.1, -0.05) is 12.8 Å². The number of rotatable bonds is 14. The minimum atomic E-state index is -1.10. The van der Waals surface area contributed by atoms with Crippen LogP contribution in [0.2, 0.25) is 0 Å². The molecule has 49 heavy (non-hydrogen) atoms. The molecule has 271 valence electrons. The Bertz CT molecular complexity index is 1400. The Kier molecular flexibility index (Phi) is 12.8. The van der Waals surface area contributed by atoms with E-state index in [0.29, 0.717) is 12.8 Å². The zero-order chi connectivity index (χ0) is 36.0. The van der Waals surface area contributed by atoms with Crippen molar-refractivity contribution in [3.63, 3.8) is 0 Å². The molecule has 13 heteroatoms. The number of likely N-dealkylation sites (tertiary alicyclic amines) is 1. The number of Topliss-reactive ketones (excluding diaryl/α,β-unsaturated/α-hetero) is 1. The number of urea groups is 1. The summed E-state index contributed by atoms with van der Waals surface area (Å²) in [5, 5.41) is 8.70. The number of nitrogens with one attached hydrogen (secondary N) is 3. The van der Waals surface area contributed by atoms with Gasteiger partial charge in [0.25, 0.3) is 5.91 Å². The van der Waals surface area contributed by atoms with Gasteiger partial charge in [0.1, 0.15) is 0 Å². The summed E-state index contributed by atoms with van der Waals surface area (Å²) in [6.07, 6.45) is 4.17. The van der Waals surface area contributed by atoms with Crippen molar-refractivity contribution in [3.8, 4) is 0 Å². The third-order valence-corrected chi connectivity index (χ3v) is 10.3. The standard InChI is InChI=1S/C36H53N7O5.Co/c1-7-24-20-29(33(46)38-27(19-25-13-14-25)30(44)32(37)45)43(21-24)34(47)31(36(4,5)6)40-35(48)39-28(23(2)3)22-41-15-17-42(18-16-41)26-11-9-8-10-12-26;/h7-12,23-25,27-29,31H,1,13-21H2,2-6H3,(H2,37,45)(H,38,46)(H2,39,40,48);/t24-,27?,28-,29+,31-;/m1./s1. The number of piperazine rings is 1. The van der Waals surface area contributed by atoms with Crippen molar-refractivity contribution in [3.05, 3.63) is 43.0 Å².